The van der Waals surface area contributed by atoms with E-state index in [9.17, 15) is 5.26 Å². The maximum absolute atomic E-state index is 10.2. The molecule has 0 aromatic heterocycles. The van der Waals surface area contributed by atoms with Crippen LogP contribution in [-0.4, -0.2) is 0 Å². The van der Waals surface area contributed by atoms with Gasteiger partial charge in [0.2, 0.25) is 0 Å². The van der Waals surface area contributed by atoms with Crippen LogP contribution in [0.3, 0.4) is 0 Å². The third kappa shape index (κ3) is 5.34. The Kier molecular flexibility index (Phi) is 8.74. The van der Waals surface area contributed by atoms with Gasteiger partial charge in [-0.15, -0.1) is 0 Å². The molecule has 0 N–H and O–H groups in total. The molecule has 0 heterocycles. The monoisotopic (exact) mass is 385 g/mol. The largest absolute Gasteiger partial charge is 0.198 e. The highest BCUT2D eigenvalue weighted by Gasteiger charge is 2.45. The molecule has 0 radical (unpaired) electrons. The zero-order chi connectivity index (χ0) is 19.8. The minimum Gasteiger partial charge on any atom is -0.198 e. The van der Waals surface area contributed by atoms with Crippen molar-refractivity contribution in [3.8, 4) is 6.07 Å². The second kappa shape index (κ2) is 11.0. The van der Waals surface area contributed by atoms with Crippen LogP contribution in [0, 0.1) is 46.3 Å². The minimum absolute atomic E-state index is 0.0309. The van der Waals surface area contributed by atoms with Crippen molar-refractivity contribution in [1.82, 2.24) is 0 Å². The third-order valence-electron chi connectivity index (χ3n) is 9.19. The van der Waals surface area contributed by atoms with Gasteiger partial charge in [0.15, 0.2) is 0 Å². The minimum atomic E-state index is 0.0309. The number of hydrogen-bond acceptors (Lipinski definition) is 1. The molecular weight excluding hydrogens is 338 g/mol. The molecule has 0 aromatic carbocycles. The molecule has 0 saturated heterocycles. The standard InChI is InChI=1S/C27H47N/c1-3-5-7-19-27(21-28)20-8-6-10-26(27)25-17-15-24(16-18-25)23-13-11-22(9-4-2)12-14-23/h22-26H,3-20H2,1-2H3/t22?,23?,24?,25?,26-,27-/m0/s1. The van der Waals surface area contributed by atoms with Crippen molar-refractivity contribution < 1.29 is 0 Å². The molecule has 1 nitrogen and oxygen atoms in total. The Morgan fingerprint density at radius 1 is 0.750 bits per heavy atom. The fourth-order valence-electron chi connectivity index (χ4n) is 7.52. The van der Waals surface area contributed by atoms with Gasteiger partial charge in [-0.05, 0) is 87.4 Å². The van der Waals surface area contributed by atoms with E-state index in [0.29, 0.717) is 5.92 Å². The first-order valence-electron chi connectivity index (χ1n) is 13.1. The molecule has 1 heteroatoms. The second-order valence-electron chi connectivity index (χ2n) is 10.8. The summed E-state index contributed by atoms with van der Waals surface area (Å²) in [6.07, 6.45) is 25.0. The van der Waals surface area contributed by atoms with Gasteiger partial charge in [0, 0.05) is 0 Å². The van der Waals surface area contributed by atoms with Gasteiger partial charge in [-0.1, -0.05) is 71.6 Å². The fraction of sp³-hybridized carbons (Fsp3) is 0.963. The Balaban J connectivity index is 1.52. The Labute approximate surface area is 176 Å². The maximum Gasteiger partial charge on any atom is 0.0692 e. The molecule has 0 unspecified atom stereocenters. The molecule has 3 fully saturated rings. The van der Waals surface area contributed by atoms with Gasteiger partial charge >= 0.3 is 0 Å². The van der Waals surface area contributed by atoms with Crippen LogP contribution in [0.2, 0.25) is 0 Å². The molecule has 3 saturated carbocycles. The maximum atomic E-state index is 10.2. The third-order valence-corrected chi connectivity index (χ3v) is 9.19. The van der Waals surface area contributed by atoms with Crippen molar-refractivity contribution >= 4 is 0 Å². The highest BCUT2D eigenvalue weighted by Crippen LogP contribution is 2.53. The zero-order valence-corrected chi connectivity index (χ0v) is 19.1. The lowest BCUT2D eigenvalue weighted by Crippen LogP contribution is -2.39. The summed E-state index contributed by atoms with van der Waals surface area (Å²) in [5.41, 5.74) is 0.0309. The van der Waals surface area contributed by atoms with E-state index in [1.807, 2.05) is 0 Å². The quantitative estimate of drug-likeness (QED) is 0.383. The Hall–Kier alpha value is -0.510. The van der Waals surface area contributed by atoms with Gasteiger partial charge in [0.25, 0.3) is 0 Å². The highest BCUT2D eigenvalue weighted by atomic mass is 14.5. The average Bonchev–Trinajstić information content (AvgIpc) is 2.75. The summed E-state index contributed by atoms with van der Waals surface area (Å²) in [7, 11) is 0. The van der Waals surface area contributed by atoms with Gasteiger partial charge in [-0.25, -0.2) is 0 Å². The molecule has 3 rings (SSSR count). The van der Waals surface area contributed by atoms with Crippen molar-refractivity contribution in [2.75, 3.05) is 0 Å². The highest BCUT2D eigenvalue weighted by molar-refractivity contribution is 5.07. The van der Waals surface area contributed by atoms with Crippen molar-refractivity contribution in [1.29, 1.82) is 5.26 Å². The van der Waals surface area contributed by atoms with Crippen molar-refractivity contribution in [2.45, 2.75) is 129 Å². The van der Waals surface area contributed by atoms with Gasteiger partial charge in [0.1, 0.15) is 0 Å². The smallest absolute Gasteiger partial charge is 0.0692 e. The second-order valence-corrected chi connectivity index (χ2v) is 10.8. The van der Waals surface area contributed by atoms with Crippen LogP contribution >= 0.6 is 0 Å². The van der Waals surface area contributed by atoms with Crippen LogP contribution in [-0.2, 0) is 0 Å². The molecule has 0 spiro atoms. The molecule has 0 amide bonds. The lowest BCUT2D eigenvalue weighted by atomic mass is 9.57. The molecule has 28 heavy (non-hydrogen) atoms. The number of nitriles is 1. The summed E-state index contributed by atoms with van der Waals surface area (Å²) in [5, 5.41) is 10.2. The molecule has 3 aliphatic carbocycles. The lowest BCUT2D eigenvalue weighted by Gasteiger charge is -2.46. The Morgan fingerprint density at radius 2 is 1.39 bits per heavy atom. The number of unbranched alkanes of at least 4 members (excludes halogenated alkanes) is 2. The summed E-state index contributed by atoms with van der Waals surface area (Å²) >= 11 is 0. The SMILES string of the molecule is CCCCC[C@@]1(C#N)CCCC[C@H]1C1CCC(C2CCC(CCC)CC2)CC1. The first-order valence-corrected chi connectivity index (χ1v) is 13.1. The van der Waals surface area contributed by atoms with Gasteiger partial charge in [0.05, 0.1) is 11.5 Å². The van der Waals surface area contributed by atoms with Crippen molar-refractivity contribution in [2.24, 2.45) is 35.0 Å². The van der Waals surface area contributed by atoms with E-state index < -0.39 is 0 Å². The number of nitrogens with zero attached hydrogens (tertiary/aromatic N) is 1. The number of hydrogen-bond donors (Lipinski definition) is 0. The van der Waals surface area contributed by atoms with Gasteiger partial charge in [-0.2, -0.15) is 5.26 Å². The van der Waals surface area contributed by atoms with Crippen LogP contribution in [0.5, 0.6) is 0 Å². The summed E-state index contributed by atoms with van der Waals surface area (Å²) in [6.45, 7) is 4.64. The van der Waals surface area contributed by atoms with E-state index in [1.54, 1.807) is 0 Å². The summed E-state index contributed by atoms with van der Waals surface area (Å²) in [6, 6.07) is 2.92. The molecular formula is C27H47N. The Morgan fingerprint density at radius 3 is 2.00 bits per heavy atom. The van der Waals surface area contributed by atoms with E-state index in [4.69, 9.17) is 0 Å². The van der Waals surface area contributed by atoms with Crippen LogP contribution in [0.15, 0.2) is 0 Å². The van der Waals surface area contributed by atoms with Gasteiger partial charge < -0.3 is 0 Å². The predicted octanol–water partition coefficient (Wildman–Crippen LogP) is 8.68. The summed E-state index contributed by atoms with van der Waals surface area (Å²) < 4.78 is 0. The normalized spacial score (nSPS) is 39.4. The summed E-state index contributed by atoms with van der Waals surface area (Å²) in [5.74, 6) is 4.66. The topological polar surface area (TPSA) is 23.8 Å². The lowest BCUT2D eigenvalue weighted by molar-refractivity contribution is 0.0448. The van der Waals surface area contributed by atoms with Crippen LogP contribution in [0.25, 0.3) is 0 Å². The van der Waals surface area contributed by atoms with Crippen LogP contribution in [0.1, 0.15) is 129 Å². The molecule has 2 atom stereocenters. The fourth-order valence-corrected chi connectivity index (χ4v) is 7.52. The average molecular weight is 386 g/mol. The molecule has 0 aliphatic heterocycles. The zero-order valence-electron chi connectivity index (χ0n) is 19.1. The van der Waals surface area contributed by atoms with Crippen LogP contribution in [0.4, 0.5) is 0 Å². The Bertz CT molecular complexity index is 475. The van der Waals surface area contributed by atoms with E-state index in [-0.39, 0.29) is 5.41 Å². The molecule has 3 aliphatic rings. The molecule has 160 valence electrons. The van der Waals surface area contributed by atoms with Crippen molar-refractivity contribution in [3.05, 3.63) is 0 Å². The van der Waals surface area contributed by atoms with Crippen molar-refractivity contribution in [3.63, 3.8) is 0 Å². The van der Waals surface area contributed by atoms with E-state index in [2.05, 4.69) is 19.9 Å². The van der Waals surface area contributed by atoms with Crippen LogP contribution < -0.4 is 0 Å². The first-order chi connectivity index (χ1) is 13.7. The predicted molar refractivity (Wildman–Crippen MR) is 120 cm³/mol. The van der Waals surface area contributed by atoms with E-state index in [1.165, 1.54) is 116 Å². The van der Waals surface area contributed by atoms with E-state index in [0.717, 1.165) is 23.7 Å². The first kappa shape index (κ1) is 22.2. The van der Waals surface area contributed by atoms with Gasteiger partial charge in [-0.3, -0.25) is 0 Å². The van der Waals surface area contributed by atoms with E-state index >= 15 is 0 Å². The molecule has 0 aromatic rings. The molecule has 0 bridgehead atoms. The number of rotatable bonds is 8. The summed E-state index contributed by atoms with van der Waals surface area (Å²) in [4.78, 5) is 0.